The molecular weight excluding hydrogens is 340 g/mol. The highest BCUT2D eigenvalue weighted by molar-refractivity contribution is 6.12. The predicted octanol–water partition coefficient (Wildman–Crippen LogP) is 8.08. The maximum absolute atomic E-state index is 12.9. The molecule has 142 valence electrons. The molecule has 0 atom stereocenters. The van der Waals surface area contributed by atoms with Crippen LogP contribution in [0.25, 0.3) is 32.3 Å². The number of rotatable bonds is 8. The normalized spacial score (nSPS) is 11.5. The molecule has 0 fully saturated rings. The topological polar surface area (TPSA) is 17.1 Å². The number of hydrogen-bond donors (Lipinski definition) is 0. The highest BCUT2D eigenvalue weighted by Crippen LogP contribution is 2.29. The summed E-state index contributed by atoms with van der Waals surface area (Å²) >= 11 is 0. The van der Waals surface area contributed by atoms with Gasteiger partial charge in [-0.1, -0.05) is 81.5 Å². The smallest absolute Gasteiger partial charge is 0.163 e. The molecular formula is C27H28O. The molecule has 1 heteroatoms. The summed E-state index contributed by atoms with van der Waals surface area (Å²) in [7, 11) is 0. The van der Waals surface area contributed by atoms with Crippen molar-refractivity contribution in [3.05, 3.63) is 72.3 Å². The summed E-state index contributed by atoms with van der Waals surface area (Å²) in [6, 6.07) is 23.5. The Morgan fingerprint density at radius 2 is 1.25 bits per heavy atom. The predicted molar refractivity (Wildman–Crippen MR) is 121 cm³/mol. The van der Waals surface area contributed by atoms with Crippen LogP contribution >= 0.6 is 0 Å². The van der Waals surface area contributed by atoms with Gasteiger partial charge in [0, 0.05) is 12.0 Å². The van der Waals surface area contributed by atoms with Crippen LogP contribution in [-0.2, 0) is 0 Å². The Morgan fingerprint density at radius 1 is 0.643 bits per heavy atom. The van der Waals surface area contributed by atoms with Gasteiger partial charge in [0.15, 0.2) is 5.78 Å². The van der Waals surface area contributed by atoms with Crippen LogP contribution in [0.5, 0.6) is 0 Å². The van der Waals surface area contributed by atoms with Gasteiger partial charge in [0.1, 0.15) is 0 Å². The van der Waals surface area contributed by atoms with Gasteiger partial charge in [-0.3, -0.25) is 4.79 Å². The molecule has 0 saturated heterocycles. The minimum absolute atomic E-state index is 0.279. The fraction of sp³-hybridized carbons (Fsp3) is 0.296. The summed E-state index contributed by atoms with van der Waals surface area (Å²) in [6.45, 7) is 2.23. The maximum Gasteiger partial charge on any atom is 0.163 e. The fourth-order valence-corrected chi connectivity index (χ4v) is 4.16. The van der Waals surface area contributed by atoms with Gasteiger partial charge in [0.25, 0.3) is 0 Å². The van der Waals surface area contributed by atoms with Crippen LogP contribution in [0.2, 0.25) is 0 Å². The lowest BCUT2D eigenvalue weighted by Gasteiger charge is -2.09. The van der Waals surface area contributed by atoms with Crippen molar-refractivity contribution in [2.24, 2.45) is 0 Å². The minimum atomic E-state index is 0.279. The average molecular weight is 369 g/mol. The van der Waals surface area contributed by atoms with Gasteiger partial charge in [0.05, 0.1) is 0 Å². The lowest BCUT2D eigenvalue weighted by molar-refractivity contribution is 0.0980. The zero-order chi connectivity index (χ0) is 19.3. The maximum atomic E-state index is 12.9. The standard InChI is InChI=1S/C27H28O/c1-2-3-4-5-6-7-15-27(28)25-14-10-13-22-18-23-16-20-11-8-9-12-21(20)17-24(23)19-26(22)25/h8-14,16-19H,2-7,15H2,1H3. The fourth-order valence-electron chi connectivity index (χ4n) is 4.16. The molecule has 0 spiro atoms. The third-order valence-corrected chi connectivity index (χ3v) is 5.76. The van der Waals surface area contributed by atoms with Gasteiger partial charge in [-0.2, -0.15) is 0 Å². The van der Waals surface area contributed by atoms with Gasteiger partial charge in [-0.25, -0.2) is 0 Å². The molecule has 0 aliphatic carbocycles. The average Bonchev–Trinajstić information content (AvgIpc) is 2.72. The van der Waals surface area contributed by atoms with Crippen molar-refractivity contribution in [2.45, 2.75) is 51.9 Å². The van der Waals surface area contributed by atoms with Crippen molar-refractivity contribution >= 4 is 38.1 Å². The molecule has 0 unspecified atom stereocenters. The van der Waals surface area contributed by atoms with Crippen molar-refractivity contribution in [1.29, 1.82) is 0 Å². The third-order valence-electron chi connectivity index (χ3n) is 5.76. The molecule has 0 aromatic heterocycles. The van der Waals surface area contributed by atoms with Crippen molar-refractivity contribution in [3.63, 3.8) is 0 Å². The zero-order valence-corrected chi connectivity index (χ0v) is 16.7. The summed E-state index contributed by atoms with van der Waals surface area (Å²) in [5.41, 5.74) is 0.876. The number of unbranched alkanes of at least 4 members (excludes halogenated alkanes) is 5. The van der Waals surface area contributed by atoms with E-state index in [0.717, 1.165) is 29.2 Å². The van der Waals surface area contributed by atoms with Gasteiger partial charge in [-0.15, -0.1) is 0 Å². The van der Waals surface area contributed by atoms with Crippen LogP contribution < -0.4 is 0 Å². The van der Waals surface area contributed by atoms with E-state index in [2.05, 4.69) is 61.5 Å². The number of fused-ring (bicyclic) bond motifs is 3. The second kappa shape index (κ2) is 8.56. The van der Waals surface area contributed by atoms with E-state index in [1.165, 1.54) is 47.2 Å². The van der Waals surface area contributed by atoms with Crippen LogP contribution in [0.1, 0.15) is 62.2 Å². The van der Waals surface area contributed by atoms with Crippen LogP contribution in [-0.4, -0.2) is 5.78 Å². The molecule has 1 nitrogen and oxygen atoms in total. The largest absolute Gasteiger partial charge is 0.294 e. The Morgan fingerprint density at radius 3 is 2.00 bits per heavy atom. The molecule has 0 heterocycles. The second-order valence-corrected chi connectivity index (χ2v) is 7.87. The third kappa shape index (κ3) is 3.94. The minimum Gasteiger partial charge on any atom is -0.294 e. The van der Waals surface area contributed by atoms with Gasteiger partial charge >= 0.3 is 0 Å². The number of carbonyl (C=O) groups is 1. The molecule has 4 aromatic carbocycles. The van der Waals surface area contributed by atoms with Crippen LogP contribution in [0, 0.1) is 0 Å². The lowest BCUT2D eigenvalue weighted by atomic mass is 9.94. The van der Waals surface area contributed by atoms with E-state index in [0.29, 0.717) is 6.42 Å². The Balaban J connectivity index is 1.62. The first-order valence-electron chi connectivity index (χ1n) is 10.6. The van der Waals surface area contributed by atoms with E-state index in [1.54, 1.807) is 0 Å². The molecule has 0 radical (unpaired) electrons. The van der Waals surface area contributed by atoms with E-state index >= 15 is 0 Å². The quantitative estimate of drug-likeness (QED) is 0.174. The molecule has 4 rings (SSSR count). The van der Waals surface area contributed by atoms with Crippen molar-refractivity contribution in [3.8, 4) is 0 Å². The Kier molecular flexibility index (Phi) is 5.71. The monoisotopic (exact) mass is 368 g/mol. The number of Topliss-reactive ketones (excluding diaryl/α,β-unsaturated/α-hetero) is 1. The van der Waals surface area contributed by atoms with Gasteiger partial charge < -0.3 is 0 Å². The first-order chi connectivity index (χ1) is 13.8. The molecule has 0 bridgehead atoms. The highest BCUT2D eigenvalue weighted by Gasteiger charge is 2.11. The summed E-state index contributed by atoms with van der Waals surface area (Å²) in [6.07, 6.45) is 7.91. The summed E-state index contributed by atoms with van der Waals surface area (Å²) in [5.74, 6) is 0.279. The molecule has 28 heavy (non-hydrogen) atoms. The number of hydrogen-bond acceptors (Lipinski definition) is 1. The van der Waals surface area contributed by atoms with Gasteiger partial charge in [-0.05, 0) is 63.0 Å². The van der Waals surface area contributed by atoms with E-state index in [9.17, 15) is 4.79 Å². The van der Waals surface area contributed by atoms with E-state index in [1.807, 2.05) is 12.1 Å². The van der Waals surface area contributed by atoms with Crippen LogP contribution in [0.15, 0.2) is 66.7 Å². The first kappa shape index (κ1) is 18.7. The zero-order valence-electron chi connectivity index (χ0n) is 16.7. The van der Waals surface area contributed by atoms with Crippen molar-refractivity contribution < 1.29 is 4.79 Å². The van der Waals surface area contributed by atoms with Crippen LogP contribution in [0.3, 0.4) is 0 Å². The Bertz CT molecular complexity index is 1120. The van der Waals surface area contributed by atoms with Gasteiger partial charge in [0.2, 0.25) is 0 Å². The molecule has 0 aliphatic rings. The number of ketones is 1. The Hall–Kier alpha value is -2.67. The molecule has 4 aromatic rings. The molecule has 0 N–H and O–H groups in total. The lowest BCUT2D eigenvalue weighted by Crippen LogP contribution is -2.00. The molecule has 0 aliphatic heterocycles. The van der Waals surface area contributed by atoms with E-state index in [4.69, 9.17) is 0 Å². The molecule has 0 saturated carbocycles. The van der Waals surface area contributed by atoms with Crippen molar-refractivity contribution in [1.82, 2.24) is 0 Å². The summed E-state index contributed by atoms with van der Waals surface area (Å²) in [4.78, 5) is 12.9. The van der Waals surface area contributed by atoms with E-state index in [-0.39, 0.29) is 5.78 Å². The first-order valence-corrected chi connectivity index (χ1v) is 10.6. The SMILES string of the molecule is CCCCCCCCC(=O)c1cccc2cc3cc4ccccc4cc3cc12. The highest BCUT2D eigenvalue weighted by atomic mass is 16.1. The summed E-state index contributed by atoms with van der Waals surface area (Å²) in [5, 5.41) is 7.16. The number of carbonyl (C=O) groups excluding carboxylic acids is 1. The van der Waals surface area contributed by atoms with E-state index < -0.39 is 0 Å². The van der Waals surface area contributed by atoms with Crippen molar-refractivity contribution in [2.75, 3.05) is 0 Å². The summed E-state index contributed by atoms with van der Waals surface area (Å²) < 4.78 is 0. The Labute approximate surface area is 167 Å². The number of benzene rings is 4. The van der Waals surface area contributed by atoms with Crippen LogP contribution in [0.4, 0.5) is 0 Å². The second-order valence-electron chi connectivity index (χ2n) is 7.87. The molecule has 0 amide bonds.